The molecule has 0 saturated carbocycles. The molecule has 0 radical (unpaired) electrons. The fourth-order valence-corrected chi connectivity index (χ4v) is 4.65. The van der Waals surface area contributed by atoms with E-state index in [1.54, 1.807) is 6.07 Å². The summed E-state index contributed by atoms with van der Waals surface area (Å²) < 4.78 is 5.92. The second kappa shape index (κ2) is 9.95. The fraction of sp³-hybridized carbons (Fsp3) is 0.407. The molecule has 0 fully saturated rings. The van der Waals surface area contributed by atoms with Crippen LogP contribution in [-0.4, -0.2) is 16.9 Å². The Morgan fingerprint density at radius 1 is 0.968 bits per heavy atom. The van der Waals surface area contributed by atoms with Crippen LogP contribution in [0.1, 0.15) is 72.2 Å². The number of furan rings is 1. The first-order valence-corrected chi connectivity index (χ1v) is 11.5. The predicted octanol–water partition coefficient (Wildman–Crippen LogP) is 6.39. The zero-order chi connectivity index (χ0) is 21.6. The summed E-state index contributed by atoms with van der Waals surface area (Å²) in [7, 11) is 0. The molecule has 3 aromatic rings. The van der Waals surface area contributed by atoms with Crippen LogP contribution in [-0.2, 0) is 24.1 Å². The topological polar surface area (TPSA) is 67.5 Å². The minimum absolute atomic E-state index is 0.0469. The number of ketones is 1. The lowest BCUT2D eigenvalue weighted by molar-refractivity contribution is -0.141. The van der Waals surface area contributed by atoms with Crippen molar-refractivity contribution in [3.8, 4) is 0 Å². The van der Waals surface area contributed by atoms with Gasteiger partial charge >= 0.3 is 5.97 Å². The van der Waals surface area contributed by atoms with Gasteiger partial charge in [-0.15, -0.1) is 0 Å². The van der Waals surface area contributed by atoms with E-state index in [9.17, 15) is 14.7 Å². The lowest BCUT2D eigenvalue weighted by Crippen LogP contribution is -2.18. The van der Waals surface area contributed by atoms with Crippen molar-refractivity contribution < 1.29 is 19.1 Å². The largest absolute Gasteiger partial charge is 0.481 e. The summed E-state index contributed by atoms with van der Waals surface area (Å²) in [6, 6.07) is 16.0. The van der Waals surface area contributed by atoms with Crippen molar-refractivity contribution in [1.29, 1.82) is 0 Å². The summed E-state index contributed by atoms with van der Waals surface area (Å²) in [6.45, 7) is 0. The van der Waals surface area contributed by atoms with Gasteiger partial charge in [0.15, 0.2) is 5.78 Å². The smallest absolute Gasteiger partial charge is 0.306 e. The summed E-state index contributed by atoms with van der Waals surface area (Å²) in [6.07, 6.45) is 8.77. The molecule has 2 aromatic carbocycles. The molecular formula is C27H30O4. The molecule has 4 rings (SSSR count). The summed E-state index contributed by atoms with van der Waals surface area (Å²) in [5.41, 5.74) is 3.91. The molecule has 0 aliphatic heterocycles. The first kappa shape index (κ1) is 21.4. The third kappa shape index (κ3) is 5.25. The van der Waals surface area contributed by atoms with Crippen molar-refractivity contribution >= 4 is 22.7 Å². The van der Waals surface area contributed by atoms with E-state index in [0.717, 1.165) is 68.1 Å². The van der Waals surface area contributed by atoms with Crippen LogP contribution in [0.15, 0.2) is 52.9 Å². The van der Waals surface area contributed by atoms with Gasteiger partial charge in [-0.3, -0.25) is 9.59 Å². The van der Waals surface area contributed by atoms with Crippen LogP contribution in [0.3, 0.4) is 0 Å². The number of carboxylic acid groups (broad SMARTS) is 1. The first-order chi connectivity index (χ1) is 15.1. The van der Waals surface area contributed by atoms with Gasteiger partial charge in [0.05, 0.1) is 5.92 Å². The summed E-state index contributed by atoms with van der Waals surface area (Å²) in [5.74, 6) is -0.583. The molecule has 1 aliphatic rings. The lowest BCUT2D eigenvalue weighted by Gasteiger charge is -2.12. The van der Waals surface area contributed by atoms with Gasteiger partial charge in [0.25, 0.3) is 0 Å². The molecule has 162 valence electrons. The number of carboxylic acids is 1. The van der Waals surface area contributed by atoms with E-state index >= 15 is 0 Å². The maximum Gasteiger partial charge on any atom is 0.306 e. The Balaban J connectivity index is 1.26. The Morgan fingerprint density at radius 2 is 1.77 bits per heavy atom. The monoisotopic (exact) mass is 418 g/mol. The molecule has 1 aromatic heterocycles. The molecule has 1 N–H and O–H groups in total. The maximum atomic E-state index is 12.8. The van der Waals surface area contributed by atoms with Gasteiger partial charge in [-0.05, 0) is 43.7 Å². The highest BCUT2D eigenvalue weighted by Crippen LogP contribution is 2.33. The Kier molecular flexibility index (Phi) is 6.86. The predicted molar refractivity (Wildman–Crippen MR) is 122 cm³/mol. The van der Waals surface area contributed by atoms with Gasteiger partial charge in [0.2, 0.25) is 0 Å². The molecule has 0 saturated heterocycles. The maximum absolute atomic E-state index is 12.8. The number of carbonyl (C=O) groups is 2. The number of fused-ring (bicyclic) bond motifs is 3. The quantitative estimate of drug-likeness (QED) is 0.289. The van der Waals surface area contributed by atoms with Crippen LogP contribution < -0.4 is 0 Å². The zero-order valence-corrected chi connectivity index (χ0v) is 17.9. The van der Waals surface area contributed by atoms with Crippen LogP contribution in [0.2, 0.25) is 0 Å². The van der Waals surface area contributed by atoms with Crippen molar-refractivity contribution in [1.82, 2.24) is 0 Å². The Labute approximate surface area is 183 Å². The van der Waals surface area contributed by atoms with Gasteiger partial charge in [-0.1, -0.05) is 61.7 Å². The summed E-state index contributed by atoms with van der Waals surface area (Å²) in [5, 5.41) is 10.7. The second-order valence-corrected chi connectivity index (χ2v) is 8.67. The second-order valence-electron chi connectivity index (χ2n) is 8.67. The van der Waals surface area contributed by atoms with Gasteiger partial charge in [-0.2, -0.15) is 0 Å². The number of benzene rings is 2. The molecule has 0 amide bonds. The standard InChI is InChI=1S/C27H30O4/c28-24(20-15-16-23-22-13-8-14-25(22)31-26(23)18-20)17-21(27(29)30)12-7-2-1-4-9-19-10-5-3-6-11-19/h3,5-6,10-11,15-16,18,21H,1-2,4,7-9,12-14,17H2,(H,29,30)/t21-/m0/s1. The van der Waals surface area contributed by atoms with E-state index in [-0.39, 0.29) is 12.2 Å². The molecule has 1 atom stereocenters. The SMILES string of the molecule is O=C(C[C@H](CCCCCCc1ccccc1)C(=O)O)c1ccc2c3c(oc2c1)CCC3. The zero-order valence-electron chi connectivity index (χ0n) is 17.9. The molecular weight excluding hydrogens is 388 g/mol. The Bertz CT molecular complexity index is 1050. The minimum Gasteiger partial charge on any atom is -0.481 e. The Hall–Kier alpha value is -2.88. The van der Waals surface area contributed by atoms with E-state index in [4.69, 9.17) is 4.42 Å². The highest BCUT2D eigenvalue weighted by atomic mass is 16.4. The number of unbranched alkanes of at least 4 members (excludes halogenated alkanes) is 3. The molecule has 31 heavy (non-hydrogen) atoms. The third-order valence-corrected chi connectivity index (χ3v) is 6.42. The highest BCUT2D eigenvalue weighted by molar-refractivity contribution is 6.01. The van der Waals surface area contributed by atoms with E-state index in [0.29, 0.717) is 12.0 Å². The van der Waals surface area contributed by atoms with Crippen molar-refractivity contribution in [2.75, 3.05) is 0 Å². The molecule has 0 bridgehead atoms. The summed E-state index contributed by atoms with van der Waals surface area (Å²) >= 11 is 0. The molecule has 1 heterocycles. The number of aryl methyl sites for hydroxylation is 3. The van der Waals surface area contributed by atoms with Gasteiger partial charge < -0.3 is 9.52 Å². The average Bonchev–Trinajstić information content (AvgIpc) is 3.36. The number of aliphatic carboxylic acids is 1. The van der Waals surface area contributed by atoms with Crippen LogP contribution in [0, 0.1) is 5.92 Å². The van der Waals surface area contributed by atoms with Crippen LogP contribution in [0.4, 0.5) is 0 Å². The Morgan fingerprint density at radius 3 is 2.58 bits per heavy atom. The van der Waals surface area contributed by atoms with Crippen molar-refractivity contribution in [2.24, 2.45) is 5.92 Å². The number of Topliss-reactive ketones (excluding diaryl/α,β-unsaturated/α-hetero) is 1. The first-order valence-electron chi connectivity index (χ1n) is 11.5. The number of rotatable bonds is 11. The minimum atomic E-state index is -0.879. The van der Waals surface area contributed by atoms with E-state index in [1.807, 2.05) is 18.2 Å². The van der Waals surface area contributed by atoms with Crippen molar-refractivity contribution in [3.05, 3.63) is 71.0 Å². The van der Waals surface area contributed by atoms with E-state index in [2.05, 4.69) is 24.3 Å². The molecule has 0 spiro atoms. The summed E-state index contributed by atoms with van der Waals surface area (Å²) in [4.78, 5) is 24.5. The van der Waals surface area contributed by atoms with Crippen LogP contribution >= 0.6 is 0 Å². The van der Waals surface area contributed by atoms with Crippen molar-refractivity contribution in [3.63, 3.8) is 0 Å². The van der Waals surface area contributed by atoms with Gasteiger partial charge in [-0.25, -0.2) is 0 Å². The average molecular weight is 419 g/mol. The lowest BCUT2D eigenvalue weighted by atomic mass is 9.92. The van der Waals surface area contributed by atoms with Crippen molar-refractivity contribution in [2.45, 2.75) is 64.2 Å². The van der Waals surface area contributed by atoms with Crippen LogP contribution in [0.25, 0.3) is 11.0 Å². The molecule has 4 nitrogen and oxygen atoms in total. The number of carbonyl (C=O) groups excluding carboxylic acids is 1. The third-order valence-electron chi connectivity index (χ3n) is 6.42. The normalized spacial score (nSPS) is 13.9. The van der Waals surface area contributed by atoms with Crippen LogP contribution in [0.5, 0.6) is 0 Å². The van der Waals surface area contributed by atoms with E-state index < -0.39 is 11.9 Å². The number of hydrogen-bond donors (Lipinski definition) is 1. The van der Waals surface area contributed by atoms with Gasteiger partial charge in [0, 0.05) is 29.4 Å². The molecule has 1 aliphatic carbocycles. The fourth-order valence-electron chi connectivity index (χ4n) is 4.65. The van der Waals surface area contributed by atoms with Gasteiger partial charge in [0.1, 0.15) is 11.3 Å². The van der Waals surface area contributed by atoms with E-state index in [1.165, 1.54) is 11.1 Å². The molecule has 4 heteroatoms. The molecule has 0 unspecified atom stereocenters. The number of hydrogen-bond acceptors (Lipinski definition) is 3. The highest BCUT2D eigenvalue weighted by Gasteiger charge is 2.23.